The molecule has 0 aliphatic rings. The summed E-state index contributed by atoms with van der Waals surface area (Å²) in [7, 11) is -2.38. The molecular formula is C21H18F4N4O6S2. The molecule has 0 saturated carbocycles. The Labute approximate surface area is 211 Å². The third-order valence-corrected chi connectivity index (χ3v) is 7.73. The second-order valence-corrected chi connectivity index (χ2v) is 10.4. The molecule has 1 aromatic carbocycles. The van der Waals surface area contributed by atoms with Crippen LogP contribution in [0.5, 0.6) is 0 Å². The van der Waals surface area contributed by atoms with E-state index in [0.717, 1.165) is 43.5 Å². The molecule has 2 heterocycles. The van der Waals surface area contributed by atoms with Gasteiger partial charge in [-0.2, -0.15) is 18.3 Å². The van der Waals surface area contributed by atoms with Crippen LogP contribution in [0.2, 0.25) is 0 Å². The summed E-state index contributed by atoms with van der Waals surface area (Å²) in [6.07, 6.45) is -5.70. The zero-order valence-corrected chi connectivity index (χ0v) is 20.7. The molecule has 0 aliphatic heterocycles. The van der Waals surface area contributed by atoms with Crippen LogP contribution in [0.4, 0.5) is 17.6 Å². The highest BCUT2D eigenvalue weighted by atomic mass is 32.2. The summed E-state index contributed by atoms with van der Waals surface area (Å²) >= 11 is 0.525. The highest BCUT2D eigenvalue weighted by Crippen LogP contribution is 2.35. The van der Waals surface area contributed by atoms with Gasteiger partial charge in [0.15, 0.2) is 0 Å². The van der Waals surface area contributed by atoms with Crippen LogP contribution in [-0.4, -0.2) is 48.0 Å². The molecule has 2 aromatic heterocycles. The number of hydrogen-bond donors (Lipinski definition) is 1. The molecule has 0 bridgehead atoms. The predicted molar refractivity (Wildman–Crippen MR) is 120 cm³/mol. The second-order valence-electron chi connectivity index (χ2n) is 7.43. The van der Waals surface area contributed by atoms with E-state index in [-0.39, 0.29) is 17.1 Å². The number of thiophene rings is 1. The Morgan fingerprint density at radius 2 is 1.78 bits per heavy atom. The number of ketones is 1. The van der Waals surface area contributed by atoms with Gasteiger partial charge < -0.3 is 0 Å². The minimum Gasteiger partial charge on any atom is -0.288 e. The van der Waals surface area contributed by atoms with Gasteiger partial charge in [0, 0.05) is 7.05 Å². The zero-order valence-electron chi connectivity index (χ0n) is 19.1. The van der Waals surface area contributed by atoms with Crippen LogP contribution >= 0.6 is 11.3 Å². The first kappa shape index (κ1) is 27.9. The highest BCUT2D eigenvalue weighted by molar-refractivity contribution is 7.92. The number of amides is 2. The summed E-state index contributed by atoms with van der Waals surface area (Å²) in [5.41, 5.74) is -0.733. The molecule has 0 radical (unpaired) electrons. The molecule has 0 atom stereocenters. The largest absolute Gasteiger partial charge is 0.433 e. The molecule has 37 heavy (non-hydrogen) atoms. The van der Waals surface area contributed by atoms with Gasteiger partial charge >= 0.3 is 12.1 Å². The summed E-state index contributed by atoms with van der Waals surface area (Å²) in [5, 5.41) is 4.46. The third-order valence-electron chi connectivity index (χ3n) is 4.80. The molecule has 16 heteroatoms. The average molecular weight is 563 g/mol. The zero-order chi connectivity index (χ0) is 27.5. The van der Waals surface area contributed by atoms with E-state index in [1.807, 2.05) is 0 Å². The smallest absolute Gasteiger partial charge is 0.288 e. The normalized spacial score (nSPS) is 11.8. The number of rotatable bonds is 9. The van der Waals surface area contributed by atoms with Crippen molar-refractivity contribution < 1.29 is 45.2 Å². The molecule has 0 unspecified atom stereocenters. The van der Waals surface area contributed by atoms with Crippen molar-refractivity contribution in [1.29, 1.82) is 0 Å². The summed E-state index contributed by atoms with van der Waals surface area (Å²) in [5.74, 6) is -4.45. The van der Waals surface area contributed by atoms with Crippen molar-refractivity contribution >= 4 is 39.0 Å². The van der Waals surface area contributed by atoms with E-state index in [0.29, 0.717) is 21.6 Å². The van der Waals surface area contributed by atoms with E-state index < -0.39 is 55.9 Å². The fraction of sp³-hybridized carbons (Fsp3) is 0.238. The van der Waals surface area contributed by atoms with Crippen LogP contribution < -0.4 is 4.72 Å². The molecule has 198 valence electrons. The van der Waals surface area contributed by atoms with Gasteiger partial charge in [0.1, 0.15) is 21.4 Å². The molecule has 3 aromatic rings. The molecular weight excluding hydrogens is 544 g/mol. The number of benzene rings is 1. The van der Waals surface area contributed by atoms with Crippen molar-refractivity contribution in [3.63, 3.8) is 0 Å². The van der Waals surface area contributed by atoms with Crippen LogP contribution in [-0.2, 0) is 49.0 Å². The standard InChI is InChI=1S/C21H18F4N4O6S2/c1-28-17(21(23,24)25)9-14(26-28)16-7-8-19(36-16)37(33,34)27-20(32)15(30)10-18(31)29(35-2)11-12-3-5-13(22)6-4-12/h3-9H,10-11H2,1-2H3,(H,27,32). The SMILES string of the molecule is CON(Cc1ccc(F)cc1)C(=O)CC(=O)C(=O)NS(=O)(=O)c1ccc(-c2cc(C(F)(F)F)n(C)n2)s1. The number of hydrogen-bond acceptors (Lipinski definition) is 8. The topological polar surface area (TPSA) is 128 Å². The average Bonchev–Trinajstić information content (AvgIpc) is 3.45. The number of aromatic nitrogens is 2. The second kappa shape index (κ2) is 10.8. The Hall–Kier alpha value is -3.63. The molecule has 0 spiro atoms. The van der Waals surface area contributed by atoms with Gasteiger partial charge in [0.25, 0.3) is 15.9 Å². The van der Waals surface area contributed by atoms with Gasteiger partial charge in [-0.3, -0.25) is 23.9 Å². The number of Topliss-reactive ketones (excluding diaryl/α,β-unsaturated/α-hetero) is 1. The molecule has 0 saturated heterocycles. The van der Waals surface area contributed by atoms with Gasteiger partial charge in [0.2, 0.25) is 5.78 Å². The van der Waals surface area contributed by atoms with Crippen molar-refractivity contribution in [2.45, 2.75) is 23.4 Å². The Morgan fingerprint density at radius 3 is 2.35 bits per heavy atom. The van der Waals surface area contributed by atoms with Crippen molar-refractivity contribution in [3.05, 3.63) is 59.5 Å². The summed E-state index contributed by atoms with van der Waals surface area (Å²) in [6.45, 7) is -0.176. The van der Waals surface area contributed by atoms with Crippen LogP contribution in [0.15, 0.2) is 46.7 Å². The van der Waals surface area contributed by atoms with Crippen LogP contribution in [0.3, 0.4) is 0 Å². The van der Waals surface area contributed by atoms with E-state index in [4.69, 9.17) is 4.84 Å². The lowest BCUT2D eigenvalue weighted by atomic mass is 10.2. The van der Waals surface area contributed by atoms with Crippen molar-refractivity contribution in [1.82, 2.24) is 19.6 Å². The number of sulfonamides is 1. The van der Waals surface area contributed by atoms with E-state index >= 15 is 0 Å². The van der Waals surface area contributed by atoms with Crippen LogP contribution in [0.1, 0.15) is 17.7 Å². The minimum absolute atomic E-state index is 0.0666. The van der Waals surface area contributed by atoms with Crippen molar-refractivity contribution in [2.75, 3.05) is 7.11 Å². The lowest BCUT2D eigenvalue weighted by Crippen LogP contribution is -2.39. The number of nitrogens with zero attached hydrogens (tertiary/aromatic N) is 3. The maximum absolute atomic E-state index is 13.0. The number of halogens is 4. The number of nitrogens with one attached hydrogen (secondary N) is 1. The van der Waals surface area contributed by atoms with E-state index in [9.17, 15) is 40.4 Å². The Kier molecular flexibility index (Phi) is 8.14. The molecule has 1 N–H and O–H groups in total. The van der Waals surface area contributed by atoms with Crippen LogP contribution in [0, 0.1) is 5.82 Å². The van der Waals surface area contributed by atoms with Crippen molar-refractivity contribution in [2.24, 2.45) is 7.05 Å². The minimum atomic E-state index is -4.67. The number of carbonyl (C=O) groups excluding carboxylic acids is 3. The molecule has 3 rings (SSSR count). The lowest BCUT2D eigenvalue weighted by molar-refractivity contribution is -0.180. The van der Waals surface area contributed by atoms with E-state index in [1.54, 1.807) is 0 Å². The van der Waals surface area contributed by atoms with Crippen LogP contribution in [0.25, 0.3) is 10.6 Å². The first-order valence-electron chi connectivity index (χ1n) is 10.1. The number of alkyl halides is 3. The van der Waals surface area contributed by atoms with E-state index in [2.05, 4.69) is 5.10 Å². The van der Waals surface area contributed by atoms with Gasteiger partial charge in [-0.25, -0.2) is 22.6 Å². The fourth-order valence-corrected chi connectivity index (χ4v) is 5.23. The lowest BCUT2D eigenvalue weighted by Gasteiger charge is -2.19. The first-order valence-corrected chi connectivity index (χ1v) is 12.4. The third kappa shape index (κ3) is 6.78. The van der Waals surface area contributed by atoms with Gasteiger partial charge in [0.05, 0.1) is 25.0 Å². The maximum Gasteiger partial charge on any atom is 0.433 e. The Bertz CT molecular complexity index is 1430. The van der Waals surface area contributed by atoms with Crippen molar-refractivity contribution in [3.8, 4) is 10.6 Å². The fourth-order valence-electron chi connectivity index (χ4n) is 3.00. The Morgan fingerprint density at radius 1 is 1.14 bits per heavy atom. The van der Waals surface area contributed by atoms with Gasteiger partial charge in [-0.15, -0.1) is 11.3 Å². The molecule has 2 amide bonds. The number of carbonyl (C=O) groups is 3. The highest BCUT2D eigenvalue weighted by Gasteiger charge is 2.35. The van der Waals surface area contributed by atoms with Gasteiger partial charge in [-0.05, 0) is 35.9 Å². The first-order chi connectivity index (χ1) is 17.2. The quantitative estimate of drug-likeness (QED) is 0.184. The molecule has 0 fully saturated rings. The summed E-state index contributed by atoms with van der Waals surface area (Å²) in [6, 6.07) is 8.02. The molecule has 10 nitrogen and oxygen atoms in total. The monoisotopic (exact) mass is 562 g/mol. The summed E-state index contributed by atoms with van der Waals surface area (Å²) < 4.78 is 78.8. The Balaban J connectivity index is 1.66. The number of hydroxylamine groups is 2. The van der Waals surface area contributed by atoms with Gasteiger partial charge in [-0.1, -0.05) is 12.1 Å². The van der Waals surface area contributed by atoms with E-state index in [1.165, 1.54) is 22.9 Å². The summed E-state index contributed by atoms with van der Waals surface area (Å²) in [4.78, 5) is 41.7. The predicted octanol–water partition coefficient (Wildman–Crippen LogP) is 2.66. The number of aryl methyl sites for hydroxylation is 1. The maximum atomic E-state index is 13.0. The molecule has 0 aliphatic carbocycles.